The largest absolute Gasteiger partial charge is 0.422 e. The molecule has 1 aliphatic heterocycles. The minimum Gasteiger partial charge on any atom is -0.422 e. The van der Waals surface area contributed by atoms with Crippen LogP contribution >= 0.6 is 0 Å². The van der Waals surface area contributed by atoms with Crippen molar-refractivity contribution in [1.82, 2.24) is 10.2 Å². The molecule has 1 aromatic heterocycles. The number of aryl methyl sites for hydroxylation is 1. The van der Waals surface area contributed by atoms with Crippen LogP contribution in [0.2, 0.25) is 0 Å². The summed E-state index contributed by atoms with van der Waals surface area (Å²) >= 11 is 0. The number of fused-ring (bicyclic) bond motifs is 1. The van der Waals surface area contributed by atoms with Crippen molar-refractivity contribution in [3.05, 3.63) is 45.8 Å². The maximum Gasteiger partial charge on any atom is 0.349 e. The summed E-state index contributed by atoms with van der Waals surface area (Å²) in [4.78, 5) is 26.5. The second-order valence-corrected chi connectivity index (χ2v) is 5.65. The molecule has 122 valence electrons. The molecule has 0 unspecified atom stereocenters. The number of hydrogen-bond donors (Lipinski definition) is 1. The van der Waals surface area contributed by atoms with Crippen molar-refractivity contribution < 1.29 is 13.9 Å². The Bertz CT molecular complexity index is 763. The molecule has 2 aromatic rings. The zero-order valence-electron chi connectivity index (χ0n) is 13.1. The van der Waals surface area contributed by atoms with E-state index >= 15 is 0 Å². The zero-order chi connectivity index (χ0) is 16.2. The Morgan fingerprint density at radius 2 is 2.09 bits per heavy atom. The van der Waals surface area contributed by atoms with E-state index in [0.717, 1.165) is 43.8 Å². The normalized spacial score (nSPS) is 15.7. The predicted octanol–water partition coefficient (Wildman–Crippen LogP) is 1.16. The van der Waals surface area contributed by atoms with Crippen LogP contribution in [0.5, 0.6) is 0 Å². The molecular weight excluding hydrogens is 296 g/mol. The van der Waals surface area contributed by atoms with Gasteiger partial charge < -0.3 is 14.5 Å². The third-order valence-electron chi connectivity index (χ3n) is 4.02. The Balaban J connectivity index is 1.68. The van der Waals surface area contributed by atoms with Crippen LogP contribution in [0, 0.1) is 6.92 Å². The molecule has 1 amide bonds. The van der Waals surface area contributed by atoms with E-state index in [9.17, 15) is 9.59 Å². The summed E-state index contributed by atoms with van der Waals surface area (Å²) in [7, 11) is 0. The first-order valence-corrected chi connectivity index (χ1v) is 7.77. The van der Waals surface area contributed by atoms with Gasteiger partial charge in [0.15, 0.2) is 0 Å². The van der Waals surface area contributed by atoms with Crippen LogP contribution in [0.4, 0.5) is 0 Å². The molecule has 23 heavy (non-hydrogen) atoms. The van der Waals surface area contributed by atoms with Crippen LogP contribution in [-0.2, 0) is 4.74 Å². The minimum absolute atomic E-state index is 0.0464. The number of morpholine rings is 1. The van der Waals surface area contributed by atoms with Gasteiger partial charge in [0.25, 0.3) is 5.91 Å². The smallest absolute Gasteiger partial charge is 0.349 e. The summed E-state index contributed by atoms with van der Waals surface area (Å²) in [6, 6.07) is 7.17. The quantitative estimate of drug-likeness (QED) is 0.857. The fourth-order valence-corrected chi connectivity index (χ4v) is 2.70. The van der Waals surface area contributed by atoms with Crippen molar-refractivity contribution in [3.8, 4) is 0 Å². The summed E-state index contributed by atoms with van der Waals surface area (Å²) in [5.41, 5.74) is 0.849. The highest BCUT2D eigenvalue weighted by Crippen LogP contribution is 2.17. The number of para-hydroxylation sites is 1. The first kappa shape index (κ1) is 15.7. The molecule has 2 heterocycles. The second-order valence-electron chi connectivity index (χ2n) is 5.65. The first-order chi connectivity index (χ1) is 11.1. The fourth-order valence-electron chi connectivity index (χ4n) is 2.70. The van der Waals surface area contributed by atoms with E-state index in [2.05, 4.69) is 10.2 Å². The molecular formula is C17H20N2O4. The molecule has 0 aliphatic carbocycles. The van der Waals surface area contributed by atoms with Gasteiger partial charge in [0.05, 0.1) is 13.2 Å². The van der Waals surface area contributed by atoms with Crippen molar-refractivity contribution in [2.24, 2.45) is 0 Å². The third-order valence-corrected chi connectivity index (χ3v) is 4.02. The van der Waals surface area contributed by atoms with Gasteiger partial charge in [-0.25, -0.2) is 4.79 Å². The summed E-state index contributed by atoms with van der Waals surface area (Å²) in [6.45, 7) is 6.29. The number of hydrogen-bond acceptors (Lipinski definition) is 5. The van der Waals surface area contributed by atoms with E-state index in [-0.39, 0.29) is 5.56 Å². The van der Waals surface area contributed by atoms with Gasteiger partial charge in [-0.05, 0) is 18.6 Å². The molecule has 3 rings (SSSR count). The number of rotatable bonds is 4. The lowest BCUT2D eigenvalue weighted by molar-refractivity contribution is 0.0383. The minimum atomic E-state index is -0.601. The Hall–Kier alpha value is -2.18. The van der Waals surface area contributed by atoms with Crippen LogP contribution in [-0.4, -0.2) is 50.2 Å². The second kappa shape index (κ2) is 6.93. The predicted molar refractivity (Wildman–Crippen MR) is 86.8 cm³/mol. The SMILES string of the molecule is Cc1cccc2cc(C(=O)NCCN3CCOCC3)c(=O)oc12. The van der Waals surface area contributed by atoms with Crippen molar-refractivity contribution in [3.63, 3.8) is 0 Å². The molecule has 6 heteroatoms. The summed E-state index contributed by atoms with van der Waals surface area (Å²) in [6.07, 6.45) is 0. The molecule has 0 bridgehead atoms. The van der Waals surface area contributed by atoms with E-state index < -0.39 is 11.5 Å². The molecule has 1 aliphatic rings. The highest BCUT2D eigenvalue weighted by atomic mass is 16.5. The standard InChI is InChI=1S/C17H20N2O4/c1-12-3-2-4-13-11-14(17(21)23-15(12)13)16(20)18-5-6-19-7-9-22-10-8-19/h2-4,11H,5-10H2,1H3,(H,18,20). The average molecular weight is 316 g/mol. The maximum absolute atomic E-state index is 12.2. The van der Waals surface area contributed by atoms with Crippen LogP contribution < -0.4 is 10.9 Å². The molecule has 0 spiro atoms. The average Bonchev–Trinajstić information content (AvgIpc) is 2.56. The molecule has 6 nitrogen and oxygen atoms in total. The number of nitrogens with zero attached hydrogens (tertiary/aromatic N) is 1. The molecule has 1 fully saturated rings. The molecule has 1 saturated heterocycles. The van der Waals surface area contributed by atoms with Gasteiger partial charge in [0, 0.05) is 31.6 Å². The third kappa shape index (κ3) is 3.60. The van der Waals surface area contributed by atoms with Crippen LogP contribution in [0.25, 0.3) is 11.0 Å². The van der Waals surface area contributed by atoms with Crippen LogP contribution in [0.1, 0.15) is 15.9 Å². The lowest BCUT2D eigenvalue weighted by atomic mass is 10.1. The van der Waals surface area contributed by atoms with E-state index in [4.69, 9.17) is 9.15 Å². The number of carbonyl (C=O) groups excluding carboxylic acids is 1. The summed E-state index contributed by atoms with van der Waals surface area (Å²) in [5.74, 6) is -0.393. The van der Waals surface area contributed by atoms with Crippen molar-refractivity contribution in [2.75, 3.05) is 39.4 Å². The number of benzene rings is 1. The summed E-state index contributed by atoms with van der Waals surface area (Å²) < 4.78 is 10.6. The van der Waals surface area contributed by atoms with Crippen LogP contribution in [0.15, 0.2) is 33.5 Å². The Kier molecular flexibility index (Phi) is 4.73. The topological polar surface area (TPSA) is 71.8 Å². The molecule has 0 radical (unpaired) electrons. The van der Waals surface area contributed by atoms with Gasteiger partial charge in [0.1, 0.15) is 11.1 Å². The van der Waals surface area contributed by atoms with Gasteiger partial charge in [-0.15, -0.1) is 0 Å². The van der Waals surface area contributed by atoms with E-state index in [1.165, 1.54) is 0 Å². The molecule has 0 saturated carbocycles. The van der Waals surface area contributed by atoms with Crippen molar-refractivity contribution in [2.45, 2.75) is 6.92 Å². The van der Waals surface area contributed by atoms with Gasteiger partial charge in [-0.3, -0.25) is 9.69 Å². The lowest BCUT2D eigenvalue weighted by Crippen LogP contribution is -2.41. The van der Waals surface area contributed by atoms with Gasteiger partial charge >= 0.3 is 5.63 Å². The van der Waals surface area contributed by atoms with E-state index in [0.29, 0.717) is 12.1 Å². The monoisotopic (exact) mass is 316 g/mol. The first-order valence-electron chi connectivity index (χ1n) is 7.77. The Morgan fingerprint density at radius 3 is 2.87 bits per heavy atom. The summed E-state index contributed by atoms with van der Waals surface area (Å²) in [5, 5.41) is 3.54. The van der Waals surface area contributed by atoms with Gasteiger partial charge in [-0.2, -0.15) is 0 Å². The fraction of sp³-hybridized carbons (Fsp3) is 0.412. The number of nitrogens with one attached hydrogen (secondary N) is 1. The van der Waals surface area contributed by atoms with Crippen molar-refractivity contribution in [1.29, 1.82) is 0 Å². The molecule has 0 atom stereocenters. The Morgan fingerprint density at radius 1 is 1.30 bits per heavy atom. The highest BCUT2D eigenvalue weighted by Gasteiger charge is 2.15. The molecule has 1 aromatic carbocycles. The van der Waals surface area contributed by atoms with Gasteiger partial charge in [-0.1, -0.05) is 18.2 Å². The Labute approximate surface area is 134 Å². The van der Waals surface area contributed by atoms with E-state index in [1.807, 2.05) is 25.1 Å². The number of ether oxygens (including phenoxy) is 1. The van der Waals surface area contributed by atoms with E-state index in [1.54, 1.807) is 6.07 Å². The number of amides is 1. The lowest BCUT2D eigenvalue weighted by Gasteiger charge is -2.26. The molecule has 1 N–H and O–H groups in total. The highest BCUT2D eigenvalue weighted by molar-refractivity contribution is 5.96. The van der Waals surface area contributed by atoms with Crippen LogP contribution in [0.3, 0.4) is 0 Å². The number of carbonyl (C=O) groups is 1. The van der Waals surface area contributed by atoms with Gasteiger partial charge in [0.2, 0.25) is 0 Å². The zero-order valence-corrected chi connectivity index (χ0v) is 13.1. The maximum atomic E-state index is 12.2. The van der Waals surface area contributed by atoms with Crippen molar-refractivity contribution >= 4 is 16.9 Å².